The summed E-state index contributed by atoms with van der Waals surface area (Å²) < 4.78 is 0. The average Bonchev–Trinajstić information content (AvgIpc) is 2.64. The Hall–Kier alpha value is -1.81. The second-order valence-corrected chi connectivity index (χ2v) is 5.05. The monoisotopic (exact) mass is 247 g/mol. The number of nitrogen functional groups attached to an aromatic ring is 1. The smallest absolute Gasteiger partial charge is 0.348 e. The number of aromatic carboxylic acids is 1. The SMILES string of the molecule is Cc1ccc(-c2cc(N)c(C(=O)O)s2)cc1C. The van der Waals surface area contributed by atoms with Crippen LogP contribution < -0.4 is 5.73 Å². The normalized spacial score (nSPS) is 10.5. The minimum Gasteiger partial charge on any atom is -0.477 e. The van der Waals surface area contributed by atoms with Crippen molar-refractivity contribution in [3.05, 3.63) is 40.3 Å². The van der Waals surface area contributed by atoms with Crippen molar-refractivity contribution < 1.29 is 9.90 Å². The molecule has 1 heterocycles. The van der Waals surface area contributed by atoms with Gasteiger partial charge < -0.3 is 10.8 Å². The maximum Gasteiger partial charge on any atom is 0.348 e. The molecule has 0 saturated carbocycles. The minimum absolute atomic E-state index is 0.207. The number of nitrogens with two attached hydrogens (primary N) is 1. The van der Waals surface area contributed by atoms with Crippen molar-refractivity contribution in [2.75, 3.05) is 5.73 Å². The summed E-state index contributed by atoms with van der Waals surface area (Å²) in [6.45, 7) is 4.08. The Labute approximate surface area is 104 Å². The summed E-state index contributed by atoms with van der Waals surface area (Å²) in [6, 6.07) is 7.78. The average molecular weight is 247 g/mol. The molecular weight excluding hydrogens is 234 g/mol. The number of carbonyl (C=O) groups is 1. The van der Waals surface area contributed by atoms with E-state index in [1.165, 1.54) is 22.5 Å². The fourth-order valence-corrected chi connectivity index (χ4v) is 2.52. The summed E-state index contributed by atoms with van der Waals surface area (Å²) in [6.07, 6.45) is 0. The van der Waals surface area contributed by atoms with E-state index >= 15 is 0 Å². The Balaban J connectivity index is 2.50. The van der Waals surface area contributed by atoms with Gasteiger partial charge in [0.25, 0.3) is 0 Å². The number of anilines is 1. The van der Waals surface area contributed by atoms with Gasteiger partial charge in [0.15, 0.2) is 0 Å². The number of thiophene rings is 1. The summed E-state index contributed by atoms with van der Waals surface area (Å²) in [5, 5.41) is 8.96. The summed E-state index contributed by atoms with van der Waals surface area (Å²) in [5.41, 5.74) is 9.42. The number of carboxylic acids is 1. The first-order chi connectivity index (χ1) is 7.99. The van der Waals surface area contributed by atoms with Gasteiger partial charge in [-0.15, -0.1) is 11.3 Å². The third kappa shape index (κ3) is 2.17. The summed E-state index contributed by atoms with van der Waals surface area (Å²) >= 11 is 1.21. The predicted octanol–water partition coefficient (Wildman–Crippen LogP) is 3.31. The van der Waals surface area contributed by atoms with Crippen LogP contribution in [0.25, 0.3) is 10.4 Å². The lowest BCUT2D eigenvalue weighted by atomic mass is 10.1. The van der Waals surface area contributed by atoms with E-state index in [2.05, 4.69) is 0 Å². The second-order valence-electron chi connectivity index (χ2n) is 4.00. The van der Waals surface area contributed by atoms with Crippen LogP contribution in [0.3, 0.4) is 0 Å². The van der Waals surface area contributed by atoms with Crippen LogP contribution in [-0.2, 0) is 0 Å². The molecule has 1 aromatic heterocycles. The highest BCUT2D eigenvalue weighted by Crippen LogP contribution is 2.33. The summed E-state index contributed by atoms with van der Waals surface area (Å²) in [5.74, 6) is -0.970. The fraction of sp³-hybridized carbons (Fsp3) is 0.154. The molecule has 2 aromatic rings. The number of carboxylic acid groups (broad SMARTS) is 1. The van der Waals surface area contributed by atoms with Gasteiger partial charge in [0, 0.05) is 4.88 Å². The van der Waals surface area contributed by atoms with E-state index in [1.807, 2.05) is 32.0 Å². The molecule has 0 unspecified atom stereocenters. The molecular formula is C13H13NO2S. The molecule has 2 rings (SSSR count). The largest absolute Gasteiger partial charge is 0.477 e. The van der Waals surface area contributed by atoms with Crippen LogP contribution in [0.4, 0.5) is 5.69 Å². The zero-order valence-corrected chi connectivity index (χ0v) is 10.5. The Morgan fingerprint density at radius 1 is 1.24 bits per heavy atom. The first-order valence-electron chi connectivity index (χ1n) is 5.19. The highest BCUT2D eigenvalue weighted by atomic mass is 32.1. The molecule has 0 fully saturated rings. The van der Waals surface area contributed by atoms with Crippen molar-refractivity contribution in [1.82, 2.24) is 0 Å². The van der Waals surface area contributed by atoms with E-state index in [4.69, 9.17) is 10.8 Å². The molecule has 0 spiro atoms. The van der Waals surface area contributed by atoms with Gasteiger partial charge in [-0.3, -0.25) is 0 Å². The maximum atomic E-state index is 10.9. The van der Waals surface area contributed by atoms with Gasteiger partial charge in [-0.25, -0.2) is 4.79 Å². The van der Waals surface area contributed by atoms with Gasteiger partial charge >= 0.3 is 5.97 Å². The maximum absolute atomic E-state index is 10.9. The van der Waals surface area contributed by atoms with E-state index in [0.717, 1.165) is 10.4 Å². The Kier molecular flexibility index (Phi) is 2.90. The zero-order chi connectivity index (χ0) is 12.6. The van der Waals surface area contributed by atoms with Crippen LogP contribution in [0, 0.1) is 13.8 Å². The van der Waals surface area contributed by atoms with E-state index in [0.29, 0.717) is 5.69 Å². The molecule has 0 atom stereocenters. The number of hydrogen-bond acceptors (Lipinski definition) is 3. The molecule has 0 aliphatic carbocycles. The molecule has 88 valence electrons. The third-order valence-corrected chi connectivity index (χ3v) is 3.93. The Morgan fingerprint density at radius 3 is 2.47 bits per heavy atom. The minimum atomic E-state index is -0.970. The molecule has 4 heteroatoms. The Bertz CT molecular complexity index is 587. The van der Waals surface area contributed by atoms with Crippen LogP contribution in [0.2, 0.25) is 0 Å². The van der Waals surface area contributed by atoms with Gasteiger partial charge in [0.2, 0.25) is 0 Å². The lowest BCUT2D eigenvalue weighted by Crippen LogP contribution is -1.96. The highest BCUT2D eigenvalue weighted by molar-refractivity contribution is 7.17. The molecule has 0 radical (unpaired) electrons. The van der Waals surface area contributed by atoms with E-state index < -0.39 is 5.97 Å². The molecule has 0 aliphatic heterocycles. The number of hydrogen-bond donors (Lipinski definition) is 2. The number of rotatable bonds is 2. The van der Waals surface area contributed by atoms with Crippen molar-refractivity contribution in [3.63, 3.8) is 0 Å². The van der Waals surface area contributed by atoms with E-state index in [1.54, 1.807) is 6.07 Å². The van der Waals surface area contributed by atoms with Gasteiger partial charge in [-0.2, -0.15) is 0 Å². The highest BCUT2D eigenvalue weighted by Gasteiger charge is 2.14. The molecule has 1 aromatic carbocycles. The first-order valence-corrected chi connectivity index (χ1v) is 6.01. The van der Waals surface area contributed by atoms with Crippen molar-refractivity contribution in [3.8, 4) is 10.4 Å². The topological polar surface area (TPSA) is 63.3 Å². The van der Waals surface area contributed by atoms with E-state index in [-0.39, 0.29) is 4.88 Å². The van der Waals surface area contributed by atoms with Gasteiger partial charge in [-0.05, 0) is 36.6 Å². The lowest BCUT2D eigenvalue weighted by Gasteiger charge is -2.02. The van der Waals surface area contributed by atoms with Crippen molar-refractivity contribution in [2.24, 2.45) is 0 Å². The van der Waals surface area contributed by atoms with Crippen LogP contribution in [0.5, 0.6) is 0 Å². The van der Waals surface area contributed by atoms with Crippen LogP contribution in [-0.4, -0.2) is 11.1 Å². The zero-order valence-electron chi connectivity index (χ0n) is 9.65. The number of benzene rings is 1. The third-order valence-electron chi connectivity index (χ3n) is 2.75. The molecule has 3 N–H and O–H groups in total. The van der Waals surface area contributed by atoms with Crippen LogP contribution in [0.1, 0.15) is 20.8 Å². The lowest BCUT2D eigenvalue weighted by molar-refractivity contribution is 0.0703. The molecule has 3 nitrogen and oxygen atoms in total. The molecule has 0 saturated heterocycles. The Morgan fingerprint density at radius 2 is 1.94 bits per heavy atom. The van der Waals surface area contributed by atoms with Crippen molar-refractivity contribution >= 4 is 23.0 Å². The van der Waals surface area contributed by atoms with E-state index in [9.17, 15) is 4.79 Å². The van der Waals surface area contributed by atoms with Crippen molar-refractivity contribution in [1.29, 1.82) is 0 Å². The molecule has 17 heavy (non-hydrogen) atoms. The molecule has 0 aliphatic rings. The van der Waals surface area contributed by atoms with Crippen LogP contribution in [0.15, 0.2) is 24.3 Å². The van der Waals surface area contributed by atoms with Crippen molar-refractivity contribution in [2.45, 2.75) is 13.8 Å². The first kappa shape index (κ1) is 11.7. The standard InChI is InChI=1S/C13H13NO2S/c1-7-3-4-9(5-8(7)2)11-6-10(14)12(17-11)13(15)16/h3-6H,14H2,1-2H3,(H,15,16). The second kappa shape index (κ2) is 4.22. The summed E-state index contributed by atoms with van der Waals surface area (Å²) in [7, 11) is 0. The molecule has 0 amide bonds. The summed E-state index contributed by atoms with van der Waals surface area (Å²) in [4.78, 5) is 12.0. The van der Waals surface area contributed by atoms with Crippen LogP contribution >= 0.6 is 11.3 Å². The van der Waals surface area contributed by atoms with Gasteiger partial charge in [-0.1, -0.05) is 18.2 Å². The van der Waals surface area contributed by atoms with Gasteiger partial charge in [0.1, 0.15) is 4.88 Å². The number of aryl methyl sites for hydroxylation is 2. The predicted molar refractivity (Wildman–Crippen MR) is 70.6 cm³/mol. The van der Waals surface area contributed by atoms with Gasteiger partial charge in [0.05, 0.1) is 5.69 Å². The fourth-order valence-electron chi connectivity index (χ4n) is 1.61. The quantitative estimate of drug-likeness (QED) is 0.855. The molecule has 0 bridgehead atoms.